The van der Waals surface area contributed by atoms with Gasteiger partial charge in [0, 0.05) is 24.3 Å². The lowest BCUT2D eigenvalue weighted by Crippen LogP contribution is -2.57. The molecule has 2 aromatic heterocycles. The number of nitrogens with zero attached hydrogens (tertiary/aromatic N) is 2. The van der Waals surface area contributed by atoms with E-state index in [1.165, 1.54) is 6.07 Å². The van der Waals surface area contributed by atoms with Gasteiger partial charge in [-0.2, -0.15) is 13.2 Å². The Bertz CT molecular complexity index is 1060. The Morgan fingerprint density at radius 3 is 2.54 bits per heavy atom. The molecule has 146 valence electrons. The van der Waals surface area contributed by atoms with E-state index in [0.29, 0.717) is 22.4 Å². The van der Waals surface area contributed by atoms with E-state index in [1.54, 1.807) is 28.8 Å². The number of pyridine rings is 1. The van der Waals surface area contributed by atoms with E-state index in [-0.39, 0.29) is 11.9 Å². The molecule has 0 aliphatic carbocycles. The third-order valence-electron chi connectivity index (χ3n) is 6.13. The lowest BCUT2D eigenvalue weighted by atomic mass is 9.84. The molecule has 28 heavy (non-hydrogen) atoms. The number of hydrogen-bond acceptors (Lipinski definition) is 2. The van der Waals surface area contributed by atoms with Crippen LogP contribution >= 0.6 is 0 Å². The normalized spacial score (nSPS) is 24.8. The average Bonchev–Trinajstić information content (AvgIpc) is 3.13. The zero-order valence-corrected chi connectivity index (χ0v) is 15.2. The Hall–Kier alpha value is -2.54. The van der Waals surface area contributed by atoms with E-state index in [0.717, 1.165) is 50.1 Å². The number of rotatable bonds is 2. The molecular formula is C21H20F3N3O. The Labute approximate surface area is 159 Å². The second-order valence-corrected chi connectivity index (χ2v) is 7.85. The van der Waals surface area contributed by atoms with Gasteiger partial charge < -0.3 is 14.6 Å². The first-order valence-electron chi connectivity index (χ1n) is 9.54. The van der Waals surface area contributed by atoms with Crippen LogP contribution < -0.4 is 5.32 Å². The fourth-order valence-electron chi connectivity index (χ4n) is 4.58. The smallest absolute Gasteiger partial charge is 0.348 e. The maximum absolute atomic E-state index is 13.0. The van der Waals surface area contributed by atoms with Crippen LogP contribution in [0.1, 0.15) is 28.8 Å². The standard InChI is InChI=1S/C21H20F3N3O/c22-21(23,24)16-2-4-19-14(9-16)1-3-17-10-15(11-27(17)19)20(28)25-18-12-26-7-5-13(18)6-8-26/h1-4,9-11,13,18H,5-8,12H2,(H,25,28)/t18-/m0/s1. The van der Waals surface area contributed by atoms with E-state index in [4.69, 9.17) is 0 Å². The zero-order chi connectivity index (χ0) is 19.5. The summed E-state index contributed by atoms with van der Waals surface area (Å²) in [5.74, 6) is 0.412. The molecule has 7 heteroatoms. The van der Waals surface area contributed by atoms with Crippen molar-refractivity contribution in [3.63, 3.8) is 0 Å². The minimum atomic E-state index is -4.37. The van der Waals surface area contributed by atoms with Crippen molar-refractivity contribution in [2.45, 2.75) is 25.1 Å². The van der Waals surface area contributed by atoms with E-state index >= 15 is 0 Å². The summed E-state index contributed by atoms with van der Waals surface area (Å²) < 4.78 is 40.7. The molecule has 0 saturated carbocycles. The summed E-state index contributed by atoms with van der Waals surface area (Å²) in [5, 5.41) is 3.65. The van der Waals surface area contributed by atoms with Crippen LogP contribution in [-0.4, -0.2) is 40.9 Å². The van der Waals surface area contributed by atoms with Gasteiger partial charge in [0.05, 0.1) is 16.6 Å². The number of carbonyl (C=O) groups is 1. The molecule has 0 radical (unpaired) electrons. The highest BCUT2D eigenvalue weighted by Crippen LogP contribution is 2.32. The lowest BCUT2D eigenvalue weighted by Gasteiger charge is -2.44. The molecule has 3 saturated heterocycles. The number of aromatic nitrogens is 1. The first-order chi connectivity index (χ1) is 13.4. The Morgan fingerprint density at radius 2 is 1.86 bits per heavy atom. The van der Waals surface area contributed by atoms with Crippen LogP contribution in [0.4, 0.5) is 13.2 Å². The van der Waals surface area contributed by atoms with Crippen LogP contribution in [0.5, 0.6) is 0 Å². The molecule has 3 aromatic rings. The first-order valence-corrected chi connectivity index (χ1v) is 9.54. The van der Waals surface area contributed by atoms with Crippen LogP contribution in [0.3, 0.4) is 0 Å². The fraction of sp³-hybridized carbons (Fsp3) is 0.381. The van der Waals surface area contributed by atoms with E-state index in [1.807, 2.05) is 0 Å². The Morgan fingerprint density at radius 1 is 1.07 bits per heavy atom. The predicted octanol–water partition coefficient (Wildman–Crippen LogP) is 3.94. The maximum Gasteiger partial charge on any atom is 0.416 e. The van der Waals surface area contributed by atoms with Crippen LogP contribution in [0.25, 0.3) is 16.4 Å². The van der Waals surface area contributed by atoms with Crippen LogP contribution in [0.2, 0.25) is 0 Å². The number of fused-ring (bicyclic) bond motifs is 6. The van der Waals surface area contributed by atoms with Gasteiger partial charge in [-0.3, -0.25) is 4.79 Å². The molecule has 1 atom stereocenters. The molecule has 5 heterocycles. The summed E-state index contributed by atoms with van der Waals surface area (Å²) in [7, 11) is 0. The molecule has 1 amide bonds. The summed E-state index contributed by atoms with van der Waals surface area (Å²) in [6, 6.07) is 9.04. The third-order valence-corrected chi connectivity index (χ3v) is 6.13. The quantitative estimate of drug-likeness (QED) is 0.723. The number of hydrogen-bond donors (Lipinski definition) is 1. The highest BCUT2D eigenvalue weighted by atomic mass is 19.4. The molecule has 3 aliphatic rings. The van der Waals surface area contributed by atoms with Crippen LogP contribution in [0, 0.1) is 5.92 Å². The average molecular weight is 387 g/mol. The lowest BCUT2D eigenvalue weighted by molar-refractivity contribution is -0.137. The van der Waals surface area contributed by atoms with Gasteiger partial charge in [-0.1, -0.05) is 6.07 Å². The Kier molecular flexibility index (Phi) is 3.91. The van der Waals surface area contributed by atoms with Gasteiger partial charge in [-0.25, -0.2) is 0 Å². The fourth-order valence-corrected chi connectivity index (χ4v) is 4.58. The van der Waals surface area contributed by atoms with Crippen molar-refractivity contribution in [2.75, 3.05) is 19.6 Å². The monoisotopic (exact) mass is 387 g/mol. The maximum atomic E-state index is 13.0. The van der Waals surface area contributed by atoms with Crippen LogP contribution in [0.15, 0.2) is 42.6 Å². The van der Waals surface area contributed by atoms with Crippen LogP contribution in [-0.2, 0) is 6.18 Å². The molecule has 6 rings (SSSR count). The SMILES string of the molecule is O=C(N[C@H]1CN2CCC1CC2)c1cc2ccc3cc(C(F)(F)F)ccc3n2c1. The molecule has 1 aromatic carbocycles. The highest BCUT2D eigenvalue weighted by molar-refractivity contribution is 5.97. The van der Waals surface area contributed by atoms with E-state index < -0.39 is 11.7 Å². The highest BCUT2D eigenvalue weighted by Gasteiger charge is 2.35. The predicted molar refractivity (Wildman–Crippen MR) is 100 cm³/mol. The molecule has 0 unspecified atom stereocenters. The number of amides is 1. The molecule has 0 spiro atoms. The summed E-state index contributed by atoms with van der Waals surface area (Å²) >= 11 is 0. The van der Waals surface area contributed by atoms with Gasteiger partial charge in [0.2, 0.25) is 0 Å². The topological polar surface area (TPSA) is 36.8 Å². The molecule has 2 bridgehead atoms. The van der Waals surface area contributed by atoms with Gasteiger partial charge in [-0.05, 0) is 67.6 Å². The van der Waals surface area contributed by atoms with Gasteiger partial charge >= 0.3 is 6.18 Å². The van der Waals surface area contributed by atoms with Crippen molar-refractivity contribution in [3.8, 4) is 0 Å². The largest absolute Gasteiger partial charge is 0.416 e. The molecule has 3 fully saturated rings. The number of alkyl halides is 3. The van der Waals surface area contributed by atoms with Crippen molar-refractivity contribution in [1.82, 2.24) is 14.6 Å². The summed E-state index contributed by atoms with van der Waals surface area (Å²) in [5.41, 5.74) is 1.29. The first kappa shape index (κ1) is 17.6. The van der Waals surface area contributed by atoms with Gasteiger partial charge in [0.25, 0.3) is 5.91 Å². The third kappa shape index (κ3) is 2.94. The van der Waals surface area contributed by atoms with Crippen molar-refractivity contribution in [1.29, 1.82) is 0 Å². The van der Waals surface area contributed by atoms with Gasteiger partial charge in [0.1, 0.15) is 0 Å². The number of halogens is 3. The van der Waals surface area contributed by atoms with Crippen molar-refractivity contribution < 1.29 is 18.0 Å². The zero-order valence-electron chi connectivity index (χ0n) is 15.2. The van der Waals surface area contributed by atoms with E-state index in [2.05, 4.69) is 10.2 Å². The van der Waals surface area contributed by atoms with Gasteiger partial charge in [-0.15, -0.1) is 0 Å². The number of nitrogens with one attached hydrogen (secondary N) is 1. The summed E-state index contributed by atoms with van der Waals surface area (Å²) in [6.45, 7) is 3.12. The second kappa shape index (κ2) is 6.24. The summed E-state index contributed by atoms with van der Waals surface area (Å²) in [4.78, 5) is 15.2. The molecular weight excluding hydrogens is 367 g/mol. The minimum absolute atomic E-state index is 0.123. The van der Waals surface area contributed by atoms with Crippen molar-refractivity contribution in [3.05, 3.63) is 53.7 Å². The number of piperidine rings is 3. The number of carbonyl (C=O) groups excluding carboxylic acids is 1. The van der Waals surface area contributed by atoms with Gasteiger partial charge in [0.15, 0.2) is 0 Å². The minimum Gasteiger partial charge on any atom is -0.348 e. The Balaban J connectivity index is 1.45. The molecule has 1 N–H and O–H groups in total. The summed E-state index contributed by atoms with van der Waals surface area (Å²) in [6.07, 6.45) is -0.425. The molecule has 3 aliphatic heterocycles. The molecule has 4 nitrogen and oxygen atoms in total. The second-order valence-electron chi connectivity index (χ2n) is 7.85. The van der Waals surface area contributed by atoms with E-state index in [9.17, 15) is 18.0 Å². The van der Waals surface area contributed by atoms with Crippen molar-refractivity contribution in [2.24, 2.45) is 5.92 Å². The van der Waals surface area contributed by atoms with Crippen molar-refractivity contribution >= 4 is 22.3 Å². The number of benzene rings is 1.